The van der Waals surface area contributed by atoms with E-state index in [1.807, 2.05) is 23.1 Å². The number of nitrogens with one attached hydrogen (secondary N) is 1. The second-order valence-corrected chi connectivity index (χ2v) is 4.84. The van der Waals surface area contributed by atoms with Gasteiger partial charge in [-0.05, 0) is 12.0 Å². The molecule has 0 fully saturated rings. The lowest BCUT2D eigenvalue weighted by atomic mass is 10.1. The van der Waals surface area contributed by atoms with Crippen LogP contribution in [0.15, 0.2) is 36.7 Å². The maximum atomic E-state index is 12.3. The van der Waals surface area contributed by atoms with Crippen molar-refractivity contribution in [1.29, 1.82) is 0 Å². The number of halogens is 2. The van der Waals surface area contributed by atoms with E-state index in [4.69, 9.17) is 5.73 Å². The molecule has 0 saturated heterocycles. The molecule has 0 aliphatic rings. The quantitative estimate of drug-likeness (QED) is 0.749. The molecule has 0 bridgehead atoms. The van der Waals surface area contributed by atoms with E-state index in [1.54, 1.807) is 0 Å². The van der Waals surface area contributed by atoms with Crippen LogP contribution in [0.1, 0.15) is 17.8 Å². The molecule has 0 atom stereocenters. The topological polar surface area (TPSA) is 87.9 Å². The summed E-state index contributed by atoms with van der Waals surface area (Å²) in [5.74, 6) is 0.840. The Balaban J connectivity index is 0.00000242. The first kappa shape index (κ1) is 21.4. The number of amides is 1. The van der Waals surface area contributed by atoms with Crippen LogP contribution >= 0.6 is 24.8 Å². The molecule has 0 spiro atoms. The Morgan fingerprint density at radius 2 is 1.87 bits per heavy atom. The number of carbonyl (C=O) groups is 1. The van der Waals surface area contributed by atoms with Crippen LogP contribution in [-0.4, -0.2) is 45.6 Å². The molecule has 8 heteroatoms. The van der Waals surface area contributed by atoms with E-state index in [0.717, 1.165) is 12.2 Å². The monoisotopic (exact) mass is 359 g/mol. The van der Waals surface area contributed by atoms with Crippen molar-refractivity contribution >= 4 is 30.7 Å². The lowest BCUT2D eigenvalue weighted by molar-refractivity contribution is -0.131. The maximum absolute atomic E-state index is 12.3. The second kappa shape index (κ2) is 11.9. The molecule has 2 rings (SSSR count). The van der Waals surface area contributed by atoms with Crippen molar-refractivity contribution in [3.63, 3.8) is 0 Å². The summed E-state index contributed by atoms with van der Waals surface area (Å²) in [6.07, 6.45) is 3.29. The predicted octanol–water partition coefficient (Wildman–Crippen LogP) is 1.61. The zero-order valence-corrected chi connectivity index (χ0v) is 14.5. The van der Waals surface area contributed by atoms with Gasteiger partial charge in [-0.15, -0.1) is 24.8 Å². The summed E-state index contributed by atoms with van der Waals surface area (Å²) >= 11 is 0. The predicted molar refractivity (Wildman–Crippen MR) is 95.0 cm³/mol. The highest BCUT2D eigenvalue weighted by molar-refractivity contribution is 5.85. The fourth-order valence-corrected chi connectivity index (χ4v) is 2.16. The number of benzene rings is 1. The smallest absolute Gasteiger partial charge is 0.223 e. The van der Waals surface area contributed by atoms with Crippen molar-refractivity contribution in [2.24, 2.45) is 5.73 Å². The average molecular weight is 360 g/mol. The van der Waals surface area contributed by atoms with E-state index in [-0.39, 0.29) is 30.7 Å². The van der Waals surface area contributed by atoms with Gasteiger partial charge in [-0.2, -0.15) is 5.10 Å². The SMILES string of the molecule is Cl.Cl.NCCN(CCc1ccccc1)C(=O)CCc1ncn[nH]1. The normalized spacial score (nSPS) is 9.61. The van der Waals surface area contributed by atoms with Gasteiger partial charge in [0, 0.05) is 32.5 Å². The Morgan fingerprint density at radius 3 is 2.48 bits per heavy atom. The molecule has 1 aromatic carbocycles. The summed E-state index contributed by atoms with van der Waals surface area (Å²) in [4.78, 5) is 18.1. The van der Waals surface area contributed by atoms with Crippen LogP contribution in [0.3, 0.4) is 0 Å². The van der Waals surface area contributed by atoms with Crippen LogP contribution in [0.25, 0.3) is 0 Å². The summed E-state index contributed by atoms with van der Waals surface area (Å²) in [6.45, 7) is 1.75. The first-order valence-electron chi connectivity index (χ1n) is 7.15. The van der Waals surface area contributed by atoms with Crippen LogP contribution in [0, 0.1) is 0 Å². The fourth-order valence-electron chi connectivity index (χ4n) is 2.16. The molecule has 1 amide bonds. The number of rotatable bonds is 8. The standard InChI is InChI=1S/C15H21N5O.2ClH/c16-9-11-20(10-8-13-4-2-1-3-5-13)15(21)7-6-14-17-12-18-19-14;;/h1-5,12H,6-11,16H2,(H,17,18,19);2*1H. The molecule has 0 unspecified atom stereocenters. The molecular weight excluding hydrogens is 337 g/mol. The van der Waals surface area contributed by atoms with Crippen LogP contribution in [0.4, 0.5) is 0 Å². The third-order valence-electron chi connectivity index (χ3n) is 3.31. The van der Waals surface area contributed by atoms with E-state index in [2.05, 4.69) is 27.3 Å². The summed E-state index contributed by atoms with van der Waals surface area (Å²) in [6, 6.07) is 10.1. The lowest BCUT2D eigenvalue weighted by Gasteiger charge is -2.22. The number of aromatic amines is 1. The largest absolute Gasteiger partial charge is 0.341 e. The molecule has 128 valence electrons. The van der Waals surface area contributed by atoms with Gasteiger partial charge in [0.15, 0.2) is 0 Å². The van der Waals surface area contributed by atoms with Gasteiger partial charge in [-0.1, -0.05) is 30.3 Å². The van der Waals surface area contributed by atoms with Gasteiger partial charge in [-0.3, -0.25) is 9.89 Å². The van der Waals surface area contributed by atoms with E-state index >= 15 is 0 Å². The van der Waals surface area contributed by atoms with E-state index in [1.165, 1.54) is 11.9 Å². The van der Waals surface area contributed by atoms with E-state index in [9.17, 15) is 4.79 Å². The van der Waals surface area contributed by atoms with Gasteiger partial charge in [0.2, 0.25) is 5.91 Å². The van der Waals surface area contributed by atoms with Gasteiger partial charge in [0.1, 0.15) is 12.2 Å². The molecule has 1 aromatic heterocycles. The van der Waals surface area contributed by atoms with E-state index in [0.29, 0.717) is 32.5 Å². The Kier molecular flexibility index (Phi) is 11.0. The summed E-state index contributed by atoms with van der Waals surface area (Å²) in [7, 11) is 0. The van der Waals surface area contributed by atoms with Gasteiger partial charge in [0.05, 0.1) is 0 Å². The van der Waals surface area contributed by atoms with Crippen molar-refractivity contribution in [3.05, 3.63) is 48.0 Å². The molecule has 6 nitrogen and oxygen atoms in total. The molecule has 0 saturated carbocycles. The third-order valence-corrected chi connectivity index (χ3v) is 3.31. The van der Waals surface area contributed by atoms with Crippen molar-refractivity contribution in [1.82, 2.24) is 20.1 Å². The molecule has 2 aromatic rings. The Morgan fingerprint density at radius 1 is 1.13 bits per heavy atom. The Labute approximate surface area is 148 Å². The van der Waals surface area contributed by atoms with Crippen molar-refractivity contribution in [2.45, 2.75) is 19.3 Å². The molecule has 0 radical (unpaired) electrons. The van der Waals surface area contributed by atoms with Gasteiger partial charge in [0.25, 0.3) is 0 Å². The first-order valence-corrected chi connectivity index (χ1v) is 7.15. The summed E-state index contributed by atoms with van der Waals surface area (Å²) in [5, 5.41) is 6.54. The maximum Gasteiger partial charge on any atom is 0.223 e. The zero-order chi connectivity index (χ0) is 14.9. The van der Waals surface area contributed by atoms with Crippen LogP contribution < -0.4 is 5.73 Å². The summed E-state index contributed by atoms with van der Waals surface area (Å²) in [5.41, 5.74) is 6.83. The van der Waals surface area contributed by atoms with Crippen molar-refractivity contribution < 1.29 is 4.79 Å². The Bertz CT molecular complexity index is 536. The molecule has 1 heterocycles. The van der Waals surface area contributed by atoms with Crippen molar-refractivity contribution in [3.8, 4) is 0 Å². The number of aromatic nitrogens is 3. The first-order chi connectivity index (χ1) is 10.3. The molecule has 0 aliphatic carbocycles. The number of H-pyrrole nitrogens is 1. The zero-order valence-electron chi connectivity index (χ0n) is 12.9. The number of hydrogen-bond acceptors (Lipinski definition) is 4. The average Bonchev–Trinajstić information content (AvgIpc) is 3.03. The molecule has 3 N–H and O–H groups in total. The number of carbonyl (C=O) groups excluding carboxylic acids is 1. The van der Waals surface area contributed by atoms with Gasteiger partial charge < -0.3 is 10.6 Å². The minimum absolute atomic E-state index is 0. The molecular formula is C15H23Cl2N5O. The van der Waals surface area contributed by atoms with E-state index < -0.39 is 0 Å². The third kappa shape index (κ3) is 7.45. The minimum atomic E-state index is 0. The highest BCUT2D eigenvalue weighted by Crippen LogP contribution is 2.04. The highest BCUT2D eigenvalue weighted by atomic mass is 35.5. The number of nitrogens with zero attached hydrogens (tertiary/aromatic N) is 3. The van der Waals surface area contributed by atoms with Crippen LogP contribution in [-0.2, 0) is 17.6 Å². The Hall–Kier alpha value is -1.63. The summed E-state index contributed by atoms with van der Waals surface area (Å²) < 4.78 is 0. The van der Waals surface area contributed by atoms with Gasteiger partial charge in [-0.25, -0.2) is 4.98 Å². The lowest BCUT2D eigenvalue weighted by Crippen LogP contribution is -2.37. The molecule has 0 aliphatic heterocycles. The molecule has 23 heavy (non-hydrogen) atoms. The second-order valence-electron chi connectivity index (χ2n) is 4.84. The van der Waals surface area contributed by atoms with Crippen LogP contribution in [0.5, 0.6) is 0 Å². The minimum Gasteiger partial charge on any atom is -0.341 e. The van der Waals surface area contributed by atoms with Crippen LogP contribution in [0.2, 0.25) is 0 Å². The number of aryl methyl sites for hydroxylation is 1. The van der Waals surface area contributed by atoms with Gasteiger partial charge >= 0.3 is 0 Å². The van der Waals surface area contributed by atoms with Crippen molar-refractivity contribution in [2.75, 3.05) is 19.6 Å². The number of hydrogen-bond donors (Lipinski definition) is 2. The number of nitrogens with two attached hydrogens (primary N) is 1. The fraction of sp³-hybridized carbons (Fsp3) is 0.400. The highest BCUT2D eigenvalue weighted by Gasteiger charge is 2.13.